The first kappa shape index (κ1) is 28.9. The van der Waals surface area contributed by atoms with Crippen molar-refractivity contribution in [1.82, 2.24) is 0 Å². The van der Waals surface area contributed by atoms with Gasteiger partial charge >= 0.3 is 29.8 Å². The van der Waals surface area contributed by atoms with Crippen LogP contribution in [-0.2, 0) is 48.9 Å². The fraction of sp³-hybridized carbons (Fsp3) is 0.233. The third-order valence-electron chi connectivity index (χ3n) is 7.39. The lowest BCUT2D eigenvalue weighted by Gasteiger charge is -2.40. The van der Waals surface area contributed by atoms with E-state index in [0.29, 0.717) is 0 Å². The molecule has 3 aromatic carbocycles. The lowest BCUT2D eigenvalue weighted by Crippen LogP contribution is -2.36. The van der Waals surface area contributed by atoms with E-state index in [1.54, 1.807) is 18.2 Å². The standard InChI is InChI=1S/C30H24O13/c1-13(31)41-12-17-25(37)15(7-11-22(35)36)14(6-10-21(33)34)24-26(17)42-27-19(8-9-20(32)23(27)28(38)39)30(24)18-5-3-2-4-16(18)29(40)43-30/h2-5,8-9,32,37H,6-7,10-12H2,1H3,(H,33,34)(H,35,36)(H,38,39). The number of carboxylic acid groups (broad SMARTS) is 3. The van der Waals surface area contributed by atoms with E-state index in [1.807, 2.05) is 0 Å². The summed E-state index contributed by atoms with van der Waals surface area (Å²) < 4.78 is 17.4. The van der Waals surface area contributed by atoms with Gasteiger partial charge in [-0.1, -0.05) is 18.2 Å². The number of ether oxygens (including phenoxy) is 3. The molecule has 1 unspecified atom stereocenters. The summed E-state index contributed by atoms with van der Waals surface area (Å²) in [5, 5.41) is 51.1. The number of rotatable bonds is 9. The van der Waals surface area contributed by atoms with E-state index in [9.17, 15) is 49.5 Å². The molecule has 1 spiro atoms. The third kappa shape index (κ3) is 4.64. The molecule has 0 saturated carbocycles. The zero-order valence-corrected chi connectivity index (χ0v) is 22.5. The van der Waals surface area contributed by atoms with E-state index in [-0.39, 0.29) is 57.5 Å². The van der Waals surface area contributed by atoms with Crippen LogP contribution in [0.3, 0.4) is 0 Å². The van der Waals surface area contributed by atoms with Gasteiger partial charge < -0.3 is 39.7 Å². The smallest absolute Gasteiger partial charge is 0.343 e. The van der Waals surface area contributed by atoms with Crippen LogP contribution in [0.4, 0.5) is 0 Å². The number of hydrogen-bond donors (Lipinski definition) is 5. The highest BCUT2D eigenvalue weighted by Gasteiger charge is 2.56. The van der Waals surface area contributed by atoms with Crippen LogP contribution < -0.4 is 4.74 Å². The van der Waals surface area contributed by atoms with E-state index in [4.69, 9.17) is 14.2 Å². The maximum Gasteiger partial charge on any atom is 0.343 e. The number of carboxylic acids is 3. The lowest BCUT2D eigenvalue weighted by atomic mass is 9.72. The molecular formula is C30H24O13. The van der Waals surface area contributed by atoms with Crippen molar-refractivity contribution in [3.8, 4) is 23.0 Å². The van der Waals surface area contributed by atoms with Gasteiger partial charge in [-0.15, -0.1) is 0 Å². The van der Waals surface area contributed by atoms with Gasteiger partial charge in [0.1, 0.15) is 29.4 Å². The molecule has 13 heteroatoms. The third-order valence-corrected chi connectivity index (χ3v) is 7.39. The summed E-state index contributed by atoms with van der Waals surface area (Å²) in [6, 6.07) is 8.57. The first-order chi connectivity index (χ1) is 20.4. The Kier molecular flexibility index (Phi) is 7.18. The highest BCUT2D eigenvalue weighted by atomic mass is 16.6. The Bertz CT molecular complexity index is 1740. The van der Waals surface area contributed by atoms with E-state index < -0.39 is 77.7 Å². The van der Waals surface area contributed by atoms with Gasteiger partial charge in [-0.3, -0.25) is 14.4 Å². The van der Waals surface area contributed by atoms with Crippen molar-refractivity contribution < 1.29 is 63.7 Å². The SMILES string of the molecule is CC(=O)OCc1c(O)c(CCC(=O)O)c(CCC(=O)O)c2c1Oc1c(ccc(O)c1C(=O)O)C21OC(=O)c2ccccc21. The second-order valence-electron chi connectivity index (χ2n) is 9.92. The summed E-state index contributed by atoms with van der Waals surface area (Å²) in [5.41, 5.74) is -2.54. The molecule has 0 saturated heterocycles. The number of benzene rings is 3. The average molecular weight is 593 g/mol. The second kappa shape index (κ2) is 10.7. The first-order valence-electron chi connectivity index (χ1n) is 13.0. The number of aromatic carboxylic acids is 1. The van der Waals surface area contributed by atoms with Gasteiger partial charge in [0, 0.05) is 30.9 Å². The van der Waals surface area contributed by atoms with Crippen molar-refractivity contribution in [2.24, 2.45) is 0 Å². The fourth-order valence-corrected chi connectivity index (χ4v) is 5.67. The van der Waals surface area contributed by atoms with Crippen molar-refractivity contribution >= 4 is 29.8 Å². The summed E-state index contributed by atoms with van der Waals surface area (Å²) in [6.07, 6.45) is -1.58. The van der Waals surface area contributed by atoms with Crippen LogP contribution in [0.15, 0.2) is 36.4 Å². The van der Waals surface area contributed by atoms with Gasteiger partial charge in [-0.2, -0.15) is 0 Å². The van der Waals surface area contributed by atoms with Crippen LogP contribution in [0, 0.1) is 0 Å². The predicted octanol–water partition coefficient (Wildman–Crippen LogP) is 3.46. The average Bonchev–Trinajstić information content (AvgIpc) is 3.22. The first-order valence-corrected chi connectivity index (χ1v) is 13.0. The molecule has 1 atom stereocenters. The summed E-state index contributed by atoms with van der Waals surface area (Å²) in [7, 11) is 0. The number of carbonyl (C=O) groups excluding carboxylic acids is 2. The fourth-order valence-electron chi connectivity index (χ4n) is 5.67. The van der Waals surface area contributed by atoms with E-state index in [2.05, 4.69) is 0 Å². The monoisotopic (exact) mass is 592 g/mol. The van der Waals surface area contributed by atoms with Gasteiger partial charge in [0.15, 0.2) is 11.4 Å². The Morgan fingerprint density at radius 2 is 1.49 bits per heavy atom. The largest absolute Gasteiger partial charge is 0.507 e. The van der Waals surface area contributed by atoms with Gasteiger partial charge in [-0.25, -0.2) is 9.59 Å². The van der Waals surface area contributed by atoms with Gasteiger partial charge in [0.25, 0.3) is 0 Å². The number of esters is 2. The second-order valence-corrected chi connectivity index (χ2v) is 9.92. The minimum atomic E-state index is -2.00. The molecule has 5 N–H and O–H groups in total. The van der Waals surface area contributed by atoms with Crippen LogP contribution >= 0.6 is 0 Å². The Morgan fingerprint density at radius 1 is 0.837 bits per heavy atom. The molecule has 13 nitrogen and oxygen atoms in total. The highest BCUT2D eigenvalue weighted by Crippen LogP contribution is 2.61. The van der Waals surface area contributed by atoms with Crippen LogP contribution in [-0.4, -0.2) is 55.4 Å². The number of aliphatic carboxylic acids is 2. The topological polar surface area (TPSA) is 214 Å². The molecule has 5 rings (SSSR count). The van der Waals surface area contributed by atoms with Crippen LogP contribution in [0.2, 0.25) is 0 Å². The van der Waals surface area contributed by atoms with Crippen molar-refractivity contribution in [1.29, 1.82) is 0 Å². The van der Waals surface area contributed by atoms with Crippen LogP contribution in [0.25, 0.3) is 0 Å². The van der Waals surface area contributed by atoms with Crippen molar-refractivity contribution in [2.75, 3.05) is 0 Å². The molecule has 43 heavy (non-hydrogen) atoms. The lowest BCUT2D eigenvalue weighted by molar-refractivity contribution is -0.142. The summed E-state index contributed by atoms with van der Waals surface area (Å²) in [4.78, 5) is 60.9. The number of phenols is 2. The zero-order valence-electron chi connectivity index (χ0n) is 22.5. The number of hydrogen-bond acceptors (Lipinski definition) is 10. The molecule has 0 bridgehead atoms. The van der Waals surface area contributed by atoms with E-state index in [1.165, 1.54) is 12.1 Å². The van der Waals surface area contributed by atoms with E-state index in [0.717, 1.165) is 13.0 Å². The molecule has 3 aromatic rings. The van der Waals surface area contributed by atoms with Crippen molar-refractivity contribution in [3.05, 3.63) is 80.9 Å². The minimum Gasteiger partial charge on any atom is -0.507 e. The number of fused-ring (bicyclic) bond motifs is 6. The molecular weight excluding hydrogens is 568 g/mol. The maximum absolute atomic E-state index is 13.4. The molecule has 2 heterocycles. The summed E-state index contributed by atoms with van der Waals surface area (Å²) in [6.45, 7) is 0.467. The molecule has 0 radical (unpaired) electrons. The maximum atomic E-state index is 13.4. The Balaban J connectivity index is 1.98. The summed E-state index contributed by atoms with van der Waals surface area (Å²) >= 11 is 0. The molecule has 222 valence electrons. The molecule has 0 fully saturated rings. The van der Waals surface area contributed by atoms with Crippen molar-refractivity contribution in [3.63, 3.8) is 0 Å². The number of aromatic hydroxyl groups is 2. The molecule has 2 aliphatic heterocycles. The summed E-state index contributed by atoms with van der Waals surface area (Å²) in [5.74, 6) is -7.62. The predicted molar refractivity (Wildman–Crippen MR) is 142 cm³/mol. The molecule has 0 aromatic heterocycles. The van der Waals surface area contributed by atoms with Crippen LogP contribution in [0.5, 0.6) is 23.0 Å². The molecule has 0 amide bonds. The zero-order chi connectivity index (χ0) is 31.2. The van der Waals surface area contributed by atoms with Crippen LogP contribution in [0.1, 0.15) is 73.9 Å². The van der Waals surface area contributed by atoms with Gasteiger partial charge in [0.05, 0.1) is 16.7 Å². The molecule has 2 aliphatic rings. The van der Waals surface area contributed by atoms with Gasteiger partial charge in [-0.05, 0) is 42.2 Å². The normalized spacial score (nSPS) is 16.0. The minimum absolute atomic E-state index is 0.00178. The Morgan fingerprint density at radius 3 is 2.12 bits per heavy atom. The van der Waals surface area contributed by atoms with Crippen molar-refractivity contribution in [2.45, 2.75) is 44.8 Å². The number of carbonyl (C=O) groups is 5. The Hall–Kier alpha value is -5.59. The number of phenolic OH excluding ortho intramolecular Hbond substituents is 1. The van der Waals surface area contributed by atoms with Gasteiger partial charge in [0.2, 0.25) is 0 Å². The Labute approximate surface area is 242 Å². The van der Waals surface area contributed by atoms with E-state index >= 15 is 0 Å². The molecule has 0 aliphatic carbocycles. The highest BCUT2D eigenvalue weighted by molar-refractivity contribution is 5.99. The quantitative estimate of drug-likeness (QED) is 0.225.